The van der Waals surface area contributed by atoms with Crippen LogP contribution in [-0.2, 0) is 14.3 Å². The van der Waals surface area contributed by atoms with E-state index in [0.29, 0.717) is 15.6 Å². The van der Waals surface area contributed by atoms with E-state index in [2.05, 4.69) is 5.10 Å². The van der Waals surface area contributed by atoms with E-state index >= 15 is 0 Å². The average molecular weight is 474 g/mol. The first-order valence-corrected chi connectivity index (χ1v) is 11.6. The molecule has 2 aliphatic rings. The molecular weight excluding hydrogens is 454 g/mol. The number of ether oxygens (including phenoxy) is 1. The minimum Gasteiger partial charge on any atom is -0.461 e. The van der Waals surface area contributed by atoms with Crippen LogP contribution in [0.25, 0.3) is 0 Å². The predicted molar refractivity (Wildman–Crippen MR) is 128 cm³/mol. The smallest absolute Gasteiger partial charge is 0.365 e. The van der Waals surface area contributed by atoms with Crippen molar-refractivity contribution in [3.05, 3.63) is 70.2 Å². The molecule has 0 unspecified atom stereocenters. The van der Waals surface area contributed by atoms with E-state index in [1.54, 1.807) is 31.0 Å². The highest BCUT2D eigenvalue weighted by Gasteiger charge is 2.57. The Hall–Kier alpha value is -2.42. The van der Waals surface area contributed by atoms with E-state index in [-0.39, 0.29) is 17.4 Å². The lowest BCUT2D eigenvalue weighted by Crippen LogP contribution is -2.49. The summed E-state index contributed by atoms with van der Waals surface area (Å²) in [5.41, 5.74) is 2.37. The van der Waals surface area contributed by atoms with Gasteiger partial charge >= 0.3 is 5.97 Å². The van der Waals surface area contributed by atoms with Crippen molar-refractivity contribution in [1.82, 2.24) is 0 Å². The molecule has 4 rings (SSSR count). The largest absolute Gasteiger partial charge is 0.461 e. The van der Waals surface area contributed by atoms with Crippen LogP contribution in [0.1, 0.15) is 20.8 Å². The van der Waals surface area contributed by atoms with Crippen LogP contribution in [0.3, 0.4) is 0 Å². The van der Waals surface area contributed by atoms with Crippen LogP contribution in [0.15, 0.2) is 70.3 Å². The first kappa shape index (κ1) is 21.8. The van der Waals surface area contributed by atoms with E-state index in [1.807, 2.05) is 54.3 Å². The zero-order valence-electron chi connectivity index (χ0n) is 17.2. The summed E-state index contributed by atoms with van der Waals surface area (Å²) in [6.07, 6.45) is 0. The molecule has 6 nitrogen and oxygen atoms in total. The molecule has 2 aromatic carbocycles. The van der Waals surface area contributed by atoms with Crippen molar-refractivity contribution < 1.29 is 14.3 Å². The lowest BCUT2D eigenvalue weighted by atomic mass is 10.2. The van der Waals surface area contributed by atoms with E-state index in [0.717, 1.165) is 11.4 Å². The molecule has 0 fully saturated rings. The van der Waals surface area contributed by atoms with E-state index in [1.165, 1.54) is 23.5 Å². The summed E-state index contributed by atoms with van der Waals surface area (Å²) in [4.78, 5) is 27.8. The summed E-state index contributed by atoms with van der Waals surface area (Å²) in [5, 5.41) is 7.14. The minimum atomic E-state index is -0.959. The van der Waals surface area contributed by atoms with Gasteiger partial charge in [-0.3, -0.25) is 4.79 Å². The Morgan fingerprint density at radius 1 is 1.10 bits per heavy atom. The summed E-state index contributed by atoms with van der Waals surface area (Å²) >= 11 is 8.90. The molecule has 0 radical (unpaired) electrons. The van der Waals surface area contributed by atoms with Gasteiger partial charge in [0.05, 0.1) is 17.2 Å². The number of hydrogen-bond acceptors (Lipinski definition) is 8. The molecule has 1 spiro atoms. The van der Waals surface area contributed by atoms with Crippen LogP contribution in [-0.4, -0.2) is 27.7 Å². The summed E-state index contributed by atoms with van der Waals surface area (Å²) in [6, 6.07) is 17.0. The Labute approximate surface area is 194 Å². The number of nitrogens with zero attached hydrogens (tertiary/aromatic N) is 3. The zero-order valence-corrected chi connectivity index (χ0v) is 19.6. The molecule has 2 heterocycles. The quantitative estimate of drug-likeness (QED) is 0.534. The second-order valence-corrected chi connectivity index (χ2v) is 9.85. The minimum absolute atomic E-state index is 0.0449. The zero-order chi connectivity index (χ0) is 22.2. The standard InChI is InChI=1S/C22H20ClN3O3S2/c1-4-29-21(28)20-24-26(18-12-8-9-16(23)13-18)22(31-20)25(17-10-6-5-7-11-17)14(2)19(30-22)15(3)27/h5-13H,4H2,1-3H3/t22-/m1/s1. The number of carbonyl (C=O) groups is 2. The highest BCUT2D eigenvalue weighted by atomic mass is 35.5. The summed E-state index contributed by atoms with van der Waals surface area (Å²) in [5.74, 6) is -0.546. The van der Waals surface area contributed by atoms with E-state index < -0.39 is 10.3 Å². The molecule has 160 valence electrons. The molecule has 9 heteroatoms. The van der Waals surface area contributed by atoms with Gasteiger partial charge in [-0.05, 0) is 62.9 Å². The van der Waals surface area contributed by atoms with Crippen LogP contribution in [0.5, 0.6) is 0 Å². The van der Waals surface area contributed by atoms with Crippen molar-refractivity contribution in [2.45, 2.75) is 25.1 Å². The van der Waals surface area contributed by atoms with Gasteiger partial charge in [-0.2, -0.15) is 5.10 Å². The highest BCUT2D eigenvalue weighted by molar-refractivity contribution is 8.29. The third-order valence-electron chi connectivity index (χ3n) is 4.71. The van der Waals surface area contributed by atoms with Gasteiger partial charge in [-0.25, -0.2) is 9.80 Å². The molecule has 0 bridgehead atoms. The lowest BCUT2D eigenvalue weighted by Gasteiger charge is -2.41. The summed E-state index contributed by atoms with van der Waals surface area (Å²) in [7, 11) is 0. The van der Waals surface area contributed by atoms with Crippen LogP contribution in [0.4, 0.5) is 11.4 Å². The van der Waals surface area contributed by atoms with Crippen molar-refractivity contribution in [2.75, 3.05) is 16.5 Å². The topological polar surface area (TPSA) is 62.2 Å². The number of hydrazone groups is 1. The third kappa shape index (κ3) is 3.84. The summed E-state index contributed by atoms with van der Waals surface area (Å²) < 4.78 is 4.27. The van der Waals surface area contributed by atoms with Crippen molar-refractivity contribution in [3.63, 3.8) is 0 Å². The maximum atomic E-state index is 12.6. The third-order valence-corrected chi connectivity index (χ3v) is 7.91. The molecule has 0 amide bonds. The number of allylic oxidation sites excluding steroid dienone is 2. The average Bonchev–Trinajstić information content (AvgIpc) is 3.27. The number of esters is 1. The Bertz CT molecular complexity index is 1110. The second kappa shape index (κ2) is 8.61. The fraction of sp³-hybridized carbons (Fsp3) is 0.227. The van der Waals surface area contributed by atoms with Crippen LogP contribution in [0.2, 0.25) is 5.02 Å². The van der Waals surface area contributed by atoms with E-state index in [4.69, 9.17) is 16.3 Å². The fourth-order valence-corrected chi connectivity index (χ4v) is 6.61. The number of halogens is 1. The first-order chi connectivity index (χ1) is 14.9. The molecule has 2 aromatic rings. The number of rotatable bonds is 5. The van der Waals surface area contributed by atoms with Gasteiger partial charge in [0, 0.05) is 16.4 Å². The van der Waals surface area contributed by atoms with Gasteiger partial charge in [0.25, 0.3) is 0 Å². The Morgan fingerprint density at radius 3 is 2.45 bits per heavy atom. The SMILES string of the molecule is CCOC(=O)C1=NN(c2cccc(Cl)c2)[C@@]2(S1)SC(C(C)=O)=C(C)N2c1ccccc1. The number of hydrogen-bond donors (Lipinski definition) is 0. The van der Waals surface area contributed by atoms with Crippen LogP contribution >= 0.6 is 35.1 Å². The number of anilines is 2. The summed E-state index contributed by atoms with van der Waals surface area (Å²) in [6.45, 7) is 5.45. The highest BCUT2D eigenvalue weighted by Crippen LogP contribution is 2.60. The molecule has 1 atom stereocenters. The molecule has 0 aliphatic carbocycles. The Balaban J connectivity index is 1.90. The van der Waals surface area contributed by atoms with Crippen molar-refractivity contribution in [1.29, 1.82) is 0 Å². The lowest BCUT2D eigenvalue weighted by molar-refractivity contribution is -0.134. The van der Waals surface area contributed by atoms with Crippen molar-refractivity contribution in [2.24, 2.45) is 5.10 Å². The molecule has 0 saturated heterocycles. The number of benzene rings is 2. The van der Waals surface area contributed by atoms with E-state index in [9.17, 15) is 9.59 Å². The van der Waals surface area contributed by atoms with Gasteiger partial charge in [0.1, 0.15) is 0 Å². The number of Topliss-reactive ketones (excluding diaryl/α,β-unsaturated/α-hetero) is 1. The normalized spacial score (nSPS) is 20.5. The fourth-order valence-electron chi connectivity index (χ4n) is 3.48. The number of para-hydroxylation sites is 1. The first-order valence-electron chi connectivity index (χ1n) is 9.64. The monoisotopic (exact) mass is 473 g/mol. The second-order valence-electron chi connectivity index (χ2n) is 6.81. The van der Waals surface area contributed by atoms with Gasteiger partial charge in [0.15, 0.2) is 5.78 Å². The van der Waals surface area contributed by atoms with Crippen molar-refractivity contribution >= 4 is 63.3 Å². The van der Waals surface area contributed by atoms with Crippen molar-refractivity contribution in [3.8, 4) is 0 Å². The van der Waals surface area contributed by atoms with Gasteiger partial charge < -0.3 is 9.64 Å². The van der Waals surface area contributed by atoms with Gasteiger partial charge in [-0.1, -0.05) is 47.6 Å². The van der Waals surface area contributed by atoms with Gasteiger partial charge in [-0.15, -0.1) is 0 Å². The maximum Gasteiger partial charge on any atom is 0.365 e. The molecule has 31 heavy (non-hydrogen) atoms. The molecular formula is C22H20ClN3O3S2. The predicted octanol–water partition coefficient (Wildman–Crippen LogP) is 5.46. The Kier molecular flexibility index (Phi) is 6.05. The molecule has 0 aromatic heterocycles. The molecule has 0 saturated carbocycles. The van der Waals surface area contributed by atoms with Crippen LogP contribution < -0.4 is 9.91 Å². The van der Waals surface area contributed by atoms with Gasteiger partial charge in [0.2, 0.25) is 9.37 Å². The Morgan fingerprint density at radius 2 is 1.81 bits per heavy atom. The number of thioether (sulfide) groups is 2. The number of carbonyl (C=O) groups excluding carboxylic acids is 2. The maximum absolute atomic E-state index is 12.6. The molecule has 0 N–H and O–H groups in total. The number of ketones is 1. The van der Waals surface area contributed by atoms with Crippen LogP contribution in [0, 0.1) is 0 Å². The molecule has 2 aliphatic heterocycles.